The van der Waals surface area contributed by atoms with E-state index in [1.807, 2.05) is 49.4 Å². The second kappa shape index (κ2) is 9.11. The number of nitrogens with zero attached hydrogens (tertiary/aromatic N) is 5. The lowest BCUT2D eigenvalue weighted by Crippen LogP contribution is -2.53. The number of anilines is 1. The Labute approximate surface area is 222 Å². The number of nitrogens with two attached hydrogens (primary N) is 1. The number of amidine groups is 1. The fourth-order valence-corrected chi connectivity index (χ4v) is 5.88. The van der Waals surface area contributed by atoms with Crippen LogP contribution >= 0.6 is 0 Å². The number of carbonyl (C=O) groups is 2. The predicted molar refractivity (Wildman–Crippen MR) is 145 cm³/mol. The molecular weight excluding hydrogens is 478 g/mol. The molecule has 2 amide bonds. The zero-order valence-electron chi connectivity index (χ0n) is 21.7. The number of aliphatic imine (C=N–C) groups is 2. The number of pyridine rings is 1. The van der Waals surface area contributed by atoms with Gasteiger partial charge in [0.05, 0.1) is 18.0 Å². The summed E-state index contributed by atoms with van der Waals surface area (Å²) in [7, 11) is 0. The number of carbonyl (C=O) groups excluding carboxylic acids is 2. The van der Waals surface area contributed by atoms with Gasteiger partial charge in [-0.2, -0.15) is 10.8 Å². The Morgan fingerprint density at radius 3 is 2.58 bits per heavy atom. The number of aromatic nitrogens is 1. The molecular formula is C29H32N7O2+. The van der Waals surface area contributed by atoms with Gasteiger partial charge in [-0.15, -0.1) is 4.59 Å². The van der Waals surface area contributed by atoms with Crippen molar-refractivity contribution < 1.29 is 14.2 Å². The maximum Gasteiger partial charge on any atom is 0.264 e. The summed E-state index contributed by atoms with van der Waals surface area (Å²) in [5, 5.41) is 2.81. The lowest BCUT2D eigenvalue weighted by molar-refractivity contribution is -0.750. The smallest absolute Gasteiger partial charge is 0.264 e. The third kappa shape index (κ3) is 4.08. The number of piperidine rings is 1. The molecule has 2 unspecified atom stereocenters. The summed E-state index contributed by atoms with van der Waals surface area (Å²) in [5.41, 5.74) is 3.43. The Morgan fingerprint density at radius 2 is 1.89 bits per heavy atom. The van der Waals surface area contributed by atoms with Crippen molar-refractivity contribution in [1.29, 1.82) is 0 Å². The summed E-state index contributed by atoms with van der Waals surface area (Å²) in [6, 6.07) is 12.7. The van der Waals surface area contributed by atoms with Gasteiger partial charge in [0.15, 0.2) is 0 Å². The van der Waals surface area contributed by atoms with E-state index in [0.29, 0.717) is 23.1 Å². The van der Waals surface area contributed by atoms with E-state index in [9.17, 15) is 9.59 Å². The van der Waals surface area contributed by atoms with Gasteiger partial charge in [-0.3, -0.25) is 14.6 Å². The van der Waals surface area contributed by atoms with E-state index < -0.39 is 0 Å². The first kappa shape index (κ1) is 24.4. The Bertz CT molecular complexity index is 1400. The van der Waals surface area contributed by atoms with Crippen LogP contribution in [0.2, 0.25) is 0 Å². The summed E-state index contributed by atoms with van der Waals surface area (Å²) >= 11 is 0. The lowest BCUT2D eigenvalue weighted by Gasteiger charge is -2.34. The molecule has 0 bridgehead atoms. The Balaban J connectivity index is 1.22. The topological polar surface area (TPSA) is 113 Å². The highest BCUT2D eigenvalue weighted by atomic mass is 16.2. The highest BCUT2D eigenvalue weighted by molar-refractivity contribution is 6.05. The highest BCUT2D eigenvalue weighted by Crippen LogP contribution is 2.64. The second-order valence-electron chi connectivity index (χ2n) is 10.9. The Kier molecular flexibility index (Phi) is 5.85. The number of fused-ring (bicyclic) bond motifs is 1. The fraction of sp³-hybridized carbons (Fsp3) is 0.345. The van der Waals surface area contributed by atoms with E-state index in [1.54, 1.807) is 36.7 Å². The molecule has 38 heavy (non-hydrogen) atoms. The molecule has 1 spiro atoms. The third-order valence-corrected chi connectivity index (χ3v) is 8.22. The quantitative estimate of drug-likeness (QED) is 0.470. The molecule has 2 fully saturated rings. The van der Waals surface area contributed by atoms with Crippen molar-refractivity contribution in [3.05, 3.63) is 83.6 Å². The van der Waals surface area contributed by atoms with Crippen LogP contribution in [0.15, 0.2) is 82.4 Å². The van der Waals surface area contributed by atoms with Crippen LogP contribution in [-0.2, 0) is 4.79 Å². The monoisotopic (exact) mass is 510 g/mol. The van der Waals surface area contributed by atoms with Gasteiger partial charge < -0.3 is 10.2 Å². The summed E-state index contributed by atoms with van der Waals surface area (Å²) in [6.45, 7) is 5.51. The van der Waals surface area contributed by atoms with Crippen molar-refractivity contribution >= 4 is 29.7 Å². The minimum atomic E-state index is -0.230. The van der Waals surface area contributed by atoms with Crippen molar-refractivity contribution in [2.45, 2.75) is 33.1 Å². The van der Waals surface area contributed by atoms with Crippen LogP contribution in [-0.4, -0.2) is 51.4 Å². The standard InChI is InChI=1S/C29H31N7O2/c1-19(2)28(38)35-14-10-29(11-15-35)17-22(29)25-23-18-31-13-16-36(23,30)26(34-25)20-6-8-21(9-7-20)27(37)33-24-5-3-4-12-32-24/h3-9,12-13,16,18-19,22H,10-11,14-15,17,30H2,1-2H3/p+1. The number of nitrogens with one attached hydrogen (secondary N) is 1. The van der Waals surface area contributed by atoms with E-state index in [0.717, 1.165) is 49.3 Å². The summed E-state index contributed by atoms with van der Waals surface area (Å²) < 4.78 is -0.0388. The number of benzene rings is 1. The van der Waals surface area contributed by atoms with Crippen molar-refractivity contribution in [3.63, 3.8) is 0 Å². The number of quaternary nitrogens is 1. The molecule has 6 rings (SSSR count). The molecule has 1 saturated heterocycles. The van der Waals surface area contributed by atoms with E-state index in [2.05, 4.69) is 15.3 Å². The van der Waals surface area contributed by atoms with Crippen LogP contribution in [0.5, 0.6) is 0 Å². The van der Waals surface area contributed by atoms with E-state index in [-0.39, 0.29) is 27.7 Å². The number of hydrogen-bond donors (Lipinski definition) is 2. The Morgan fingerprint density at radius 1 is 1.13 bits per heavy atom. The van der Waals surface area contributed by atoms with Crippen molar-refractivity contribution in [3.8, 4) is 0 Å². The highest BCUT2D eigenvalue weighted by Gasteiger charge is 2.61. The molecule has 1 saturated carbocycles. The number of hydrogen-bond acceptors (Lipinski definition) is 6. The Hall–Kier alpha value is -3.95. The van der Waals surface area contributed by atoms with Crippen molar-refractivity contribution in [2.75, 3.05) is 18.4 Å². The van der Waals surface area contributed by atoms with E-state index in [4.69, 9.17) is 10.8 Å². The fourth-order valence-electron chi connectivity index (χ4n) is 5.88. The zero-order valence-corrected chi connectivity index (χ0v) is 21.7. The SMILES string of the molecule is CC(C)C(=O)N1CCC2(CC1)CC2C1=C2C=NC=C[N+]2(N)C(c2ccc(C(=O)Nc3ccccn3)cc2)=N1. The average molecular weight is 511 g/mol. The van der Waals surface area contributed by atoms with Crippen molar-refractivity contribution in [1.82, 2.24) is 9.88 Å². The van der Waals surface area contributed by atoms with E-state index in [1.165, 1.54) is 0 Å². The van der Waals surface area contributed by atoms with Crippen LogP contribution in [0.4, 0.5) is 5.82 Å². The second-order valence-corrected chi connectivity index (χ2v) is 10.9. The maximum absolute atomic E-state index is 12.7. The van der Waals surface area contributed by atoms with Crippen LogP contribution < -0.4 is 11.2 Å². The zero-order chi connectivity index (χ0) is 26.5. The molecule has 9 nitrogen and oxygen atoms in total. The molecule has 194 valence electrons. The minimum absolute atomic E-state index is 0.0267. The predicted octanol–water partition coefficient (Wildman–Crippen LogP) is 3.84. The largest absolute Gasteiger partial charge is 0.342 e. The van der Waals surface area contributed by atoms with Crippen molar-refractivity contribution in [2.24, 2.45) is 33.1 Å². The molecule has 3 N–H and O–H groups in total. The van der Waals surface area contributed by atoms with Gasteiger partial charge in [0, 0.05) is 36.7 Å². The van der Waals surface area contributed by atoms with Crippen LogP contribution in [0, 0.1) is 17.3 Å². The normalized spacial score (nSPS) is 25.0. The molecule has 3 aliphatic heterocycles. The first-order valence-corrected chi connectivity index (χ1v) is 13.1. The van der Waals surface area contributed by atoms with E-state index >= 15 is 0 Å². The van der Waals surface area contributed by atoms with Crippen LogP contribution in [0.25, 0.3) is 0 Å². The number of likely N-dealkylation sites (tertiary alicyclic amines) is 1. The molecule has 1 aromatic carbocycles. The summed E-state index contributed by atoms with van der Waals surface area (Å²) in [4.78, 5) is 40.8. The van der Waals surface area contributed by atoms with Gasteiger partial charge in [0.25, 0.3) is 11.7 Å². The average Bonchev–Trinajstić information content (AvgIpc) is 3.52. The number of allylic oxidation sites excluding steroid dienone is 2. The van der Waals surface area contributed by atoms with Gasteiger partial charge in [-0.1, -0.05) is 19.9 Å². The first-order valence-electron chi connectivity index (χ1n) is 13.1. The molecule has 2 aromatic rings. The first-order chi connectivity index (χ1) is 18.3. The molecule has 0 radical (unpaired) electrons. The van der Waals surface area contributed by atoms with Crippen LogP contribution in [0.1, 0.15) is 49.0 Å². The molecule has 4 heterocycles. The maximum atomic E-state index is 12.7. The lowest BCUT2D eigenvalue weighted by atomic mass is 9.89. The van der Waals surface area contributed by atoms with Gasteiger partial charge in [0.2, 0.25) is 11.6 Å². The summed E-state index contributed by atoms with van der Waals surface area (Å²) in [5.74, 6) is 8.49. The number of rotatable bonds is 5. The molecule has 9 heteroatoms. The van der Waals surface area contributed by atoms with Gasteiger partial charge in [-0.25, -0.2) is 4.98 Å². The van der Waals surface area contributed by atoms with Gasteiger partial charge >= 0.3 is 0 Å². The van der Waals surface area contributed by atoms with Gasteiger partial charge in [-0.05, 0) is 61.1 Å². The third-order valence-electron chi connectivity index (χ3n) is 8.22. The molecule has 1 aliphatic carbocycles. The minimum Gasteiger partial charge on any atom is -0.342 e. The molecule has 2 atom stereocenters. The number of amides is 2. The molecule has 1 aromatic heterocycles. The molecule has 4 aliphatic rings. The van der Waals surface area contributed by atoms with Crippen LogP contribution in [0.3, 0.4) is 0 Å². The van der Waals surface area contributed by atoms with Gasteiger partial charge in [0.1, 0.15) is 17.7 Å². The summed E-state index contributed by atoms with van der Waals surface area (Å²) in [6.07, 6.45) is 10.0.